The molecule has 0 radical (unpaired) electrons. The molecule has 2 aromatic carbocycles. The zero-order valence-electron chi connectivity index (χ0n) is 14.6. The number of hydrogen-bond acceptors (Lipinski definition) is 7. The van der Waals surface area contributed by atoms with Crippen LogP contribution in [0.3, 0.4) is 0 Å². The van der Waals surface area contributed by atoms with Gasteiger partial charge in [0, 0.05) is 12.1 Å². The number of nitrogens with zero attached hydrogens (tertiary/aromatic N) is 7. The summed E-state index contributed by atoms with van der Waals surface area (Å²) in [6.07, 6.45) is 5.04. The second-order valence-electron chi connectivity index (χ2n) is 5.91. The van der Waals surface area contributed by atoms with Gasteiger partial charge in [0.25, 0.3) is 0 Å². The molecule has 27 heavy (non-hydrogen) atoms. The molecule has 0 spiro atoms. The van der Waals surface area contributed by atoms with Crippen LogP contribution < -0.4 is 4.90 Å². The summed E-state index contributed by atoms with van der Waals surface area (Å²) in [5, 5.41) is 23.4. The highest BCUT2D eigenvalue weighted by molar-refractivity contribution is 5.73. The van der Waals surface area contributed by atoms with E-state index in [0.29, 0.717) is 11.6 Å². The van der Waals surface area contributed by atoms with Crippen molar-refractivity contribution in [3.63, 3.8) is 0 Å². The van der Waals surface area contributed by atoms with E-state index in [4.69, 9.17) is 0 Å². The Morgan fingerprint density at radius 3 is 1.89 bits per heavy atom. The third-order valence-corrected chi connectivity index (χ3v) is 4.19. The summed E-state index contributed by atoms with van der Waals surface area (Å²) >= 11 is 0. The minimum absolute atomic E-state index is 0.623. The second kappa shape index (κ2) is 8.09. The van der Waals surface area contributed by atoms with Gasteiger partial charge in [0.1, 0.15) is 0 Å². The van der Waals surface area contributed by atoms with E-state index in [2.05, 4.69) is 61.2 Å². The second-order valence-corrected chi connectivity index (χ2v) is 5.91. The Hall–Kier alpha value is -3.74. The predicted octanol–water partition coefficient (Wildman–Crippen LogP) is 3.31. The van der Waals surface area contributed by atoms with Crippen LogP contribution in [0.2, 0.25) is 0 Å². The molecule has 2 heterocycles. The van der Waals surface area contributed by atoms with E-state index < -0.39 is 0 Å². The van der Waals surface area contributed by atoms with E-state index >= 15 is 0 Å². The highest BCUT2D eigenvalue weighted by Gasteiger charge is 2.18. The molecule has 0 aliphatic heterocycles. The molecular formula is C20H17N7. The fourth-order valence-corrected chi connectivity index (χ4v) is 2.94. The van der Waals surface area contributed by atoms with Crippen molar-refractivity contribution >= 4 is 17.3 Å². The Labute approximate surface area is 156 Å². The van der Waals surface area contributed by atoms with Crippen molar-refractivity contribution in [2.24, 2.45) is 0 Å². The van der Waals surface area contributed by atoms with Crippen LogP contribution >= 0.6 is 0 Å². The lowest BCUT2D eigenvalue weighted by Crippen LogP contribution is -2.16. The first-order chi connectivity index (χ1) is 13.4. The Kier molecular flexibility index (Phi) is 5.01. The maximum absolute atomic E-state index is 4.17. The Bertz CT molecular complexity index is 939. The van der Waals surface area contributed by atoms with E-state index in [-0.39, 0.29) is 0 Å². The third kappa shape index (κ3) is 3.92. The molecule has 0 fully saturated rings. The predicted molar refractivity (Wildman–Crippen MR) is 102 cm³/mol. The summed E-state index contributed by atoms with van der Waals surface area (Å²) in [5.74, 6) is 1.25. The van der Waals surface area contributed by atoms with Gasteiger partial charge in [-0.2, -0.15) is 0 Å². The van der Waals surface area contributed by atoms with Gasteiger partial charge in [-0.25, -0.2) is 0 Å². The summed E-state index contributed by atoms with van der Waals surface area (Å²) in [5.41, 5.74) is 3.46. The van der Waals surface area contributed by atoms with Crippen molar-refractivity contribution in [1.29, 1.82) is 0 Å². The zero-order chi connectivity index (χ0) is 18.3. The molecular weight excluding hydrogens is 338 g/mol. The van der Waals surface area contributed by atoms with E-state index in [9.17, 15) is 0 Å². The van der Waals surface area contributed by atoms with Gasteiger partial charge in [-0.3, -0.25) is 4.90 Å². The lowest BCUT2D eigenvalue weighted by molar-refractivity contribution is 0.831. The first-order valence-electron chi connectivity index (χ1n) is 8.62. The topological polar surface area (TPSA) is 80.6 Å². The minimum atomic E-state index is 0.623. The van der Waals surface area contributed by atoms with Crippen LogP contribution in [-0.2, 0) is 12.8 Å². The number of hydrogen-bond donors (Lipinski definition) is 0. The van der Waals surface area contributed by atoms with Crippen molar-refractivity contribution in [2.45, 2.75) is 12.8 Å². The number of aromatic nitrogens is 6. The molecule has 0 atom stereocenters. The molecule has 0 amide bonds. The minimum Gasteiger partial charge on any atom is -0.276 e. The number of aryl methyl sites for hydroxylation is 2. The van der Waals surface area contributed by atoms with Gasteiger partial charge in [-0.05, 0) is 40.5 Å². The zero-order valence-corrected chi connectivity index (χ0v) is 14.6. The maximum atomic E-state index is 4.17. The van der Waals surface area contributed by atoms with Gasteiger partial charge in [0.15, 0.2) is 11.6 Å². The van der Waals surface area contributed by atoms with Gasteiger partial charge in [0.2, 0.25) is 0 Å². The SMILES string of the molecule is c1ccc(CCc2ccccc2N(c2ccnnn2)c2ccnnn2)cc1. The third-order valence-electron chi connectivity index (χ3n) is 4.19. The summed E-state index contributed by atoms with van der Waals surface area (Å²) < 4.78 is 0. The average Bonchev–Trinajstić information content (AvgIpc) is 2.76. The molecule has 0 unspecified atom stereocenters. The smallest absolute Gasteiger partial charge is 0.164 e. The standard InChI is InChI=1S/C20H17N7/c1-2-6-16(7-3-1)10-11-17-8-4-5-9-18(17)27(19-12-14-21-25-23-19)20-13-15-22-26-24-20/h1-9,12-15H,10-11H2. The van der Waals surface area contributed by atoms with Crippen molar-refractivity contribution in [2.75, 3.05) is 4.90 Å². The Balaban J connectivity index is 1.72. The Morgan fingerprint density at radius 2 is 1.26 bits per heavy atom. The fourth-order valence-electron chi connectivity index (χ4n) is 2.94. The number of benzene rings is 2. The van der Waals surface area contributed by atoms with Crippen molar-refractivity contribution < 1.29 is 0 Å². The maximum Gasteiger partial charge on any atom is 0.164 e. The first kappa shape index (κ1) is 16.7. The molecule has 0 saturated carbocycles. The summed E-state index contributed by atoms with van der Waals surface area (Å²) in [4.78, 5) is 1.92. The molecule has 0 aliphatic rings. The van der Waals surface area contributed by atoms with Crippen LogP contribution in [0.4, 0.5) is 17.3 Å². The summed E-state index contributed by atoms with van der Waals surface area (Å²) in [6, 6.07) is 22.2. The van der Waals surface area contributed by atoms with Crippen molar-refractivity contribution in [1.82, 2.24) is 30.8 Å². The lowest BCUT2D eigenvalue weighted by atomic mass is 10.0. The molecule has 0 aliphatic carbocycles. The molecule has 0 N–H and O–H groups in total. The van der Waals surface area contributed by atoms with Crippen LogP contribution in [0, 0.1) is 0 Å². The molecule has 7 heteroatoms. The number of anilines is 3. The van der Waals surface area contributed by atoms with Crippen molar-refractivity contribution in [3.8, 4) is 0 Å². The number of para-hydroxylation sites is 1. The van der Waals surface area contributed by atoms with Gasteiger partial charge in [-0.15, -0.1) is 20.4 Å². The normalized spacial score (nSPS) is 10.5. The van der Waals surface area contributed by atoms with Crippen LogP contribution in [-0.4, -0.2) is 30.8 Å². The largest absolute Gasteiger partial charge is 0.276 e. The quantitative estimate of drug-likeness (QED) is 0.525. The van der Waals surface area contributed by atoms with E-state index in [1.54, 1.807) is 24.5 Å². The molecule has 0 bridgehead atoms. The summed E-state index contributed by atoms with van der Waals surface area (Å²) in [7, 11) is 0. The van der Waals surface area contributed by atoms with Crippen LogP contribution in [0.25, 0.3) is 0 Å². The van der Waals surface area contributed by atoms with Gasteiger partial charge >= 0.3 is 0 Å². The highest BCUT2D eigenvalue weighted by atomic mass is 15.4. The van der Waals surface area contributed by atoms with Gasteiger partial charge < -0.3 is 0 Å². The van der Waals surface area contributed by atoms with Gasteiger partial charge in [0.05, 0.1) is 18.1 Å². The van der Waals surface area contributed by atoms with Crippen LogP contribution in [0.5, 0.6) is 0 Å². The van der Waals surface area contributed by atoms with Crippen LogP contribution in [0.1, 0.15) is 11.1 Å². The lowest BCUT2D eigenvalue weighted by Gasteiger charge is -2.24. The van der Waals surface area contributed by atoms with Crippen LogP contribution in [0.15, 0.2) is 79.1 Å². The summed E-state index contributed by atoms with van der Waals surface area (Å²) in [6.45, 7) is 0. The molecule has 4 aromatic rings. The van der Waals surface area contributed by atoms with Crippen molar-refractivity contribution in [3.05, 3.63) is 90.3 Å². The fraction of sp³-hybridized carbons (Fsp3) is 0.100. The Morgan fingerprint density at radius 1 is 0.630 bits per heavy atom. The van der Waals surface area contributed by atoms with E-state index in [0.717, 1.165) is 18.5 Å². The van der Waals surface area contributed by atoms with Gasteiger partial charge in [-0.1, -0.05) is 48.5 Å². The molecule has 7 nitrogen and oxygen atoms in total. The van der Waals surface area contributed by atoms with E-state index in [1.807, 2.05) is 29.2 Å². The monoisotopic (exact) mass is 355 g/mol. The highest BCUT2D eigenvalue weighted by Crippen LogP contribution is 2.33. The van der Waals surface area contributed by atoms with E-state index in [1.165, 1.54) is 11.1 Å². The molecule has 0 saturated heterocycles. The molecule has 4 rings (SSSR count). The average molecular weight is 355 g/mol. The molecule has 132 valence electrons. The number of rotatable bonds is 6. The molecule has 2 aromatic heterocycles. The first-order valence-corrected chi connectivity index (χ1v) is 8.62.